The lowest BCUT2D eigenvalue weighted by Crippen LogP contribution is -2.24. The van der Waals surface area contributed by atoms with Crippen LogP contribution in [-0.2, 0) is 4.79 Å². The summed E-state index contributed by atoms with van der Waals surface area (Å²) >= 11 is 15.3. The Hall–Kier alpha value is -2.15. The molecule has 5 nitrogen and oxygen atoms in total. The highest BCUT2D eigenvalue weighted by molar-refractivity contribution is 9.10. The van der Waals surface area contributed by atoms with Gasteiger partial charge in [-0.15, -0.1) is 0 Å². The standard InChI is InChI=1S/C18H12BrCl2N3O2/c19-14-8-13(20)5-6-16(14)26-10-17(25)24-22-9-12-7-11-3-1-2-4-15(11)23-18(12)21/h1-9H,10H2,(H,24,25)/b22-9+. The van der Waals surface area contributed by atoms with Crippen LogP contribution in [-0.4, -0.2) is 23.7 Å². The molecule has 0 spiro atoms. The fourth-order valence-corrected chi connectivity index (χ4v) is 3.13. The van der Waals surface area contributed by atoms with E-state index < -0.39 is 5.91 Å². The van der Waals surface area contributed by atoms with Gasteiger partial charge in [-0.3, -0.25) is 4.79 Å². The Bertz CT molecular complexity index is 995. The summed E-state index contributed by atoms with van der Waals surface area (Å²) in [5, 5.41) is 5.70. The van der Waals surface area contributed by atoms with Gasteiger partial charge in [0.1, 0.15) is 10.9 Å². The summed E-state index contributed by atoms with van der Waals surface area (Å²) in [5.41, 5.74) is 3.78. The number of para-hydroxylation sites is 1. The summed E-state index contributed by atoms with van der Waals surface area (Å²) in [5.74, 6) is 0.100. The Kier molecular flexibility index (Phi) is 6.08. The number of halogens is 3. The van der Waals surface area contributed by atoms with Crippen LogP contribution < -0.4 is 10.2 Å². The van der Waals surface area contributed by atoms with E-state index in [1.807, 2.05) is 30.3 Å². The Labute approximate surface area is 168 Å². The molecule has 3 rings (SSSR count). The van der Waals surface area contributed by atoms with Gasteiger partial charge < -0.3 is 4.74 Å². The van der Waals surface area contributed by atoms with E-state index in [4.69, 9.17) is 27.9 Å². The van der Waals surface area contributed by atoms with Gasteiger partial charge in [-0.25, -0.2) is 10.4 Å². The number of nitrogens with zero attached hydrogens (tertiary/aromatic N) is 2. The highest BCUT2D eigenvalue weighted by atomic mass is 79.9. The number of hydrazone groups is 1. The average molecular weight is 453 g/mol. The summed E-state index contributed by atoms with van der Waals surface area (Å²) in [7, 11) is 0. The first-order chi connectivity index (χ1) is 12.5. The number of amides is 1. The molecule has 1 heterocycles. The second-order valence-corrected chi connectivity index (χ2v) is 6.87. The van der Waals surface area contributed by atoms with Crippen LogP contribution in [0.4, 0.5) is 0 Å². The molecule has 0 unspecified atom stereocenters. The fourth-order valence-electron chi connectivity index (χ4n) is 2.14. The normalized spacial score (nSPS) is 11.0. The molecule has 1 aromatic heterocycles. The van der Waals surface area contributed by atoms with Gasteiger partial charge in [0.05, 0.1) is 16.2 Å². The summed E-state index contributed by atoms with van der Waals surface area (Å²) in [6.45, 7) is -0.193. The van der Waals surface area contributed by atoms with E-state index in [-0.39, 0.29) is 6.61 Å². The maximum atomic E-state index is 11.8. The number of benzene rings is 2. The number of fused-ring (bicyclic) bond motifs is 1. The largest absolute Gasteiger partial charge is 0.483 e. The van der Waals surface area contributed by atoms with Gasteiger partial charge in [0.2, 0.25) is 0 Å². The van der Waals surface area contributed by atoms with Crippen molar-refractivity contribution in [3.8, 4) is 5.75 Å². The van der Waals surface area contributed by atoms with Crippen LogP contribution in [0.15, 0.2) is 58.1 Å². The third-order valence-corrected chi connectivity index (χ3v) is 4.51. The van der Waals surface area contributed by atoms with Crippen molar-refractivity contribution in [1.82, 2.24) is 10.4 Å². The number of carbonyl (C=O) groups excluding carboxylic acids is 1. The van der Waals surface area contributed by atoms with E-state index in [2.05, 4.69) is 31.4 Å². The minimum Gasteiger partial charge on any atom is -0.483 e. The zero-order valence-electron chi connectivity index (χ0n) is 13.2. The molecular weight excluding hydrogens is 441 g/mol. The Morgan fingerprint density at radius 3 is 2.85 bits per heavy atom. The molecule has 0 bridgehead atoms. The minimum atomic E-state index is -0.409. The lowest BCUT2D eigenvalue weighted by Gasteiger charge is -2.07. The highest BCUT2D eigenvalue weighted by Crippen LogP contribution is 2.27. The van der Waals surface area contributed by atoms with E-state index in [1.54, 1.807) is 18.2 Å². The first kappa shape index (κ1) is 18.6. The number of hydrogen-bond acceptors (Lipinski definition) is 4. The molecule has 3 aromatic rings. The average Bonchev–Trinajstić information content (AvgIpc) is 2.61. The number of ether oxygens (including phenoxy) is 1. The number of aromatic nitrogens is 1. The van der Waals surface area contributed by atoms with Crippen molar-refractivity contribution >= 4 is 62.2 Å². The number of rotatable bonds is 5. The molecule has 1 N–H and O–H groups in total. The van der Waals surface area contributed by atoms with Crippen LogP contribution >= 0.6 is 39.1 Å². The van der Waals surface area contributed by atoms with Crippen LogP contribution in [0.2, 0.25) is 10.2 Å². The molecule has 1 amide bonds. The molecule has 0 radical (unpaired) electrons. The summed E-state index contributed by atoms with van der Waals surface area (Å²) < 4.78 is 6.07. The third-order valence-electron chi connectivity index (χ3n) is 3.35. The van der Waals surface area contributed by atoms with Crippen molar-refractivity contribution in [1.29, 1.82) is 0 Å². The number of pyridine rings is 1. The molecule has 0 aliphatic rings. The van der Waals surface area contributed by atoms with Gasteiger partial charge >= 0.3 is 0 Å². The first-order valence-corrected chi connectivity index (χ1v) is 9.03. The maximum absolute atomic E-state index is 11.8. The molecule has 0 saturated heterocycles. The molecule has 0 fully saturated rings. The lowest BCUT2D eigenvalue weighted by molar-refractivity contribution is -0.123. The second-order valence-electron chi connectivity index (χ2n) is 5.22. The van der Waals surface area contributed by atoms with Crippen LogP contribution in [0.1, 0.15) is 5.56 Å². The van der Waals surface area contributed by atoms with Crippen molar-refractivity contribution in [3.05, 3.63) is 68.7 Å². The highest BCUT2D eigenvalue weighted by Gasteiger charge is 2.06. The smallest absolute Gasteiger partial charge is 0.277 e. The van der Waals surface area contributed by atoms with Crippen molar-refractivity contribution in [2.45, 2.75) is 0 Å². The maximum Gasteiger partial charge on any atom is 0.277 e. The summed E-state index contributed by atoms with van der Waals surface area (Å²) in [4.78, 5) is 16.1. The van der Waals surface area contributed by atoms with E-state index in [1.165, 1.54) is 6.21 Å². The van der Waals surface area contributed by atoms with E-state index in [0.717, 1.165) is 10.9 Å². The van der Waals surface area contributed by atoms with Gasteiger partial charge in [-0.2, -0.15) is 5.10 Å². The van der Waals surface area contributed by atoms with Crippen LogP contribution in [0.3, 0.4) is 0 Å². The zero-order valence-corrected chi connectivity index (χ0v) is 16.3. The summed E-state index contributed by atoms with van der Waals surface area (Å²) in [6, 6.07) is 14.5. The van der Waals surface area contributed by atoms with Crippen molar-refractivity contribution in [2.75, 3.05) is 6.61 Å². The SMILES string of the molecule is O=C(COc1ccc(Cl)cc1Br)N/N=C/c1cc2ccccc2nc1Cl. The monoisotopic (exact) mass is 451 g/mol. The van der Waals surface area contributed by atoms with Crippen molar-refractivity contribution in [3.63, 3.8) is 0 Å². The molecule has 0 saturated carbocycles. The molecule has 8 heteroatoms. The Morgan fingerprint density at radius 1 is 1.23 bits per heavy atom. The van der Waals surface area contributed by atoms with E-state index in [9.17, 15) is 4.79 Å². The van der Waals surface area contributed by atoms with E-state index in [0.29, 0.717) is 26.0 Å². The molecule has 0 aliphatic carbocycles. The van der Waals surface area contributed by atoms with Gasteiger partial charge in [0.25, 0.3) is 5.91 Å². The molecule has 26 heavy (non-hydrogen) atoms. The number of hydrogen-bond donors (Lipinski definition) is 1. The van der Waals surface area contributed by atoms with E-state index >= 15 is 0 Å². The molecule has 2 aromatic carbocycles. The van der Waals surface area contributed by atoms with Crippen LogP contribution in [0.25, 0.3) is 10.9 Å². The molecule has 0 atom stereocenters. The van der Waals surface area contributed by atoms with Gasteiger partial charge in [-0.05, 0) is 46.3 Å². The lowest BCUT2D eigenvalue weighted by atomic mass is 10.2. The quantitative estimate of drug-likeness (QED) is 0.342. The predicted molar refractivity (Wildman–Crippen MR) is 107 cm³/mol. The third kappa shape index (κ3) is 4.72. The number of nitrogens with one attached hydrogen (secondary N) is 1. The number of carbonyl (C=O) groups is 1. The zero-order chi connectivity index (χ0) is 18.5. The van der Waals surface area contributed by atoms with Gasteiger partial charge in [0.15, 0.2) is 6.61 Å². The van der Waals surface area contributed by atoms with Gasteiger partial charge in [0, 0.05) is 16.0 Å². The molecule has 0 aliphatic heterocycles. The summed E-state index contributed by atoms with van der Waals surface area (Å²) in [6.07, 6.45) is 1.44. The topological polar surface area (TPSA) is 63.6 Å². The van der Waals surface area contributed by atoms with Gasteiger partial charge in [-0.1, -0.05) is 41.4 Å². The first-order valence-electron chi connectivity index (χ1n) is 7.48. The predicted octanol–water partition coefficient (Wildman–Crippen LogP) is 4.83. The Morgan fingerprint density at radius 2 is 2.04 bits per heavy atom. The minimum absolute atomic E-state index is 0.193. The molecule has 132 valence electrons. The van der Waals surface area contributed by atoms with Crippen LogP contribution in [0, 0.1) is 0 Å². The Balaban J connectivity index is 1.59. The van der Waals surface area contributed by atoms with Crippen LogP contribution in [0.5, 0.6) is 5.75 Å². The molecular formula is C18H12BrCl2N3O2. The second kappa shape index (κ2) is 8.49. The fraction of sp³-hybridized carbons (Fsp3) is 0.0556. The van der Waals surface area contributed by atoms with Crippen molar-refractivity contribution in [2.24, 2.45) is 5.10 Å². The van der Waals surface area contributed by atoms with Crippen molar-refractivity contribution < 1.29 is 9.53 Å².